The molecule has 1 aromatic rings. The lowest BCUT2D eigenvalue weighted by atomic mass is 10.1. The van der Waals surface area contributed by atoms with Gasteiger partial charge in [-0.2, -0.15) is 0 Å². The van der Waals surface area contributed by atoms with Crippen molar-refractivity contribution in [1.29, 1.82) is 0 Å². The van der Waals surface area contributed by atoms with Crippen molar-refractivity contribution in [2.24, 2.45) is 0 Å². The van der Waals surface area contributed by atoms with E-state index in [0.717, 1.165) is 24.1 Å². The zero-order valence-corrected chi connectivity index (χ0v) is 10.9. The van der Waals surface area contributed by atoms with Crippen LogP contribution in [0.4, 0.5) is 0 Å². The highest BCUT2D eigenvalue weighted by molar-refractivity contribution is 5.83. The molecular formula is C14H18N2O3. The molecule has 0 spiro atoms. The van der Waals surface area contributed by atoms with Crippen LogP contribution in [0, 0.1) is 0 Å². The van der Waals surface area contributed by atoms with Crippen LogP contribution in [0.5, 0.6) is 0 Å². The summed E-state index contributed by atoms with van der Waals surface area (Å²) >= 11 is 0. The van der Waals surface area contributed by atoms with Crippen LogP contribution in [0.3, 0.4) is 0 Å². The largest absolute Gasteiger partial charge is 0.481 e. The Hall–Kier alpha value is -1.88. The number of carboxylic acids is 1. The zero-order chi connectivity index (χ0) is 13.8. The average molecular weight is 262 g/mol. The highest BCUT2D eigenvalue weighted by Gasteiger charge is 2.28. The summed E-state index contributed by atoms with van der Waals surface area (Å²) in [4.78, 5) is 24.0. The van der Waals surface area contributed by atoms with E-state index in [1.54, 1.807) is 4.90 Å². The molecule has 1 unspecified atom stereocenters. The second kappa shape index (κ2) is 5.84. The van der Waals surface area contributed by atoms with Crippen LogP contribution in [0.1, 0.15) is 17.5 Å². The SMILES string of the molecule is CN1CCC(NCc2ccc(CC(=O)O)cc2)C1=O. The fourth-order valence-corrected chi connectivity index (χ4v) is 2.20. The van der Waals surface area contributed by atoms with E-state index in [1.165, 1.54) is 0 Å². The summed E-state index contributed by atoms with van der Waals surface area (Å²) in [5, 5.41) is 11.9. The van der Waals surface area contributed by atoms with Crippen molar-refractivity contribution in [2.75, 3.05) is 13.6 Å². The summed E-state index contributed by atoms with van der Waals surface area (Å²) in [5.74, 6) is -0.687. The van der Waals surface area contributed by atoms with Crippen molar-refractivity contribution in [3.05, 3.63) is 35.4 Å². The van der Waals surface area contributed by atoms with E-state index in [9.17, 15) is 9.59 Å². The molecular weight excluding hydrogens is 244 g/mol. The topological polar surface area (TPSA) is 69.6 Å². The molecule has 1 saturated heterocycles. The Morgan fingerprint density at radius 1 is 1.37 bits per heavy atom. The summed E-state index contributed by atoms with van der Waals surface area (Å²) in [7, 11) is 1.81. The lowest BCUT2D eigenvalue weighted by molar-refractivity contribution is -0.136. The third kappa shape index (κ3) is 3.54. The average Bonchev–Trinajstić information content (AvgIpc) is 2.69. The van der Waals surface area contributed by atoms with Gasteiger partial charge in [-0.3, -0.25) is 9.59 Å². The summed E-state index contributed by atoms with van der Waals surface area (Å²) in [6.45, 7) is 1.42. The number of nitrogens with zero attached hydrogens (tertiary/aromatic N) is 1. The molecule has 0 radical (unpaired) electrons. The fraction of sp³-hybridized carbons (Fsp3) is 0.429. The molecule has 1 fully saturated rings. The second-order valence-electron chi connectivity index (χ2n) is 4.87. The molecule has 1 aliphatic rings. The molecule has 1 aromatic carbocycles. The quantitative estimate of drug-likeness (QED) is 0.817. The van der Waals surface area contributed by atoms with Gasteiger partial charge in [0.15, 0.2) is 0 Å². The number of carbonyl (C=O) groups excluding carboxylic acids is 1. The van der Waals surface area contributed by atoms with Crippen molar-refractivity contribution in [3.8, 4) is 0 Å². The minimum atomic E-state index is -0.828. The smallest absolute Gasteiger partial charge is 0.307 e. The third-order valence-electron chi connectivity index (χ3n) is 3.36. The maximum Gasteiger partial charge on any atom is 0.307 e. The van der Waals surface area contributed by atoms with E-state index in [1.807, 2.05) is 31.3 Å². The van der Waals surface area contributed by atoms with Gasteiger partial charge in [-0.15, -0.1) is 0 Å². The molecule has 0 bridgehead atoms. The van der Waals surface area contributed by atoms with Crippen LogP contribution in [-0.2, 0) is 22.6 Å². The Morgan fingerprint density at radius 3 is 2.53 bits per heavy atom. The van der Waals surface area contributed by atoms with Gasteiger partial charge in [-0.05, 0) is 17.5 Å². The Labute approximate surface area is 112 Å². The van der Waals surface area contributed by atoms with Gasteiger partial charge in [0.2, 0.25) is 5.91 Å². The summed E-state index contributed by atoms with van der Waals surface area (Å²) in [6, 6.07) is 7.33. The molecule has 5 nitrogen and oxygen atoms in total. The predicted molar refractivity (Wildman–Crippen MR) is 70.7 cm³/mol. The molecule has 1 heterocycles. The van der Waals surface area contributed by atoms with Gasteiger partial charge in [-0.25, -0.2) is 0 Å². The van der Waals surface area contributed by atoms with Gasteiger partial charge in [0.25, 0.3) is 0 Å². The minimum Gasteiger partial charge on any atom is -0.481 e. The van der Waals surface area contributed by atoms with Crippen molar-refractivity contribution < 1.29 is 14.7 Å². The highest BCUT2D eigenvalue weighted by atomic mass is 16.4. The van der Waals surface area contributed by atoms with Crippen LogP contribution in [0.15, 0.2) is 24.3 Å². The van der Waals surface area contributed by atoms with Crippen LogP contribution >= 0.6 is 0 Å². The van der Waals surface area contributed by atoms with Crippen LogP contribution in [-0.4, -0.2) is 41.5 Å². The Morgan fingerprint density at radius 2 is 2.00 bits per heavy atom. The van der Waals surface area contributed by atoms with Gasteiger partial charge in [0.1, 0.15) is 0 Å². The lowest BCUT2D eigenvalue weighted by Crippen LogP contribution is -2.36. The zero-order valence-electron chi connectivity index (χ0n) is 10.9. The number of benzene rings is 1. The molecule has 0 aromatic heterocycles. The van der Waals surface area contributed by atoms with Crippen LogP contribution in [0.25, 0.3) is 0 Å². The number of carbonyl (C=O) groups is 2. The first-order valence-corrected chi connectivity index (χ1v) is 6.34. The Balaban J connectivity index is 1.86. The summed E-state index contributed by atoms with van der Waals surface area (Å²) < 4.78 is 0. The monoisotopic (exact) mass is 262 g/mol. The number of rotatable bonds is 5. The first kappa shape index (κ1) is 13.5. The molecule has 1 amide bonds. The van der Waals surface area contributed by atoms with Crippen LogP contribution < -0.4 is 5.32 Å². The first-order valence-electron chi connectivity index (χ1n) is 6.34. The van der Waals surface area contributed by atoms with E-state index in [4.69, 9.17) is 5.11 Å². The van der Waals surface area contributed by atoms with Gasteiger partial charge >= 0.3 is 5.97 Å². The van der Waals surface area contributed by atoms with E-state index in [0.29, 0.717) is 6.54 Å². The predicted octanol–water partition coefficient (Wildman–Crippen LogP) is 0.634. The summed E-state index contributed by atoms with van der Waals surface area (Å²) in [5.41, 5.74) is 1.84. The Kier molecular flexibility index (Phi) is 4.16. The standard InChI is InChI=1S/C14H18N2O3/c1-16-7-6-12(14(16)19)15-9-11-4-2-10(3-5-11)8-13(17)18/h2-5,12,15H,6-9H2,1H3,(H,17,18). The maximum absolute atomic E-state index is 11.7. The number of hydrogen-bond donors (Lipinski definition) is 2. The first-order chi connectivity index (χ1) is 9.06. The molecule has 0 saturated carbocycles. The number of amides is 1. The number of likely N-dealkylation sites (tertiary alicyclic amines) is 1. The van der Waals surface area contributed by atoms with E-state index in [2.05, 4.69) is 5.32 Å². The lowest BCUT2D eigenvalue weighted by Gasteiger charge is -2.12. The molecule has 5 heteroatoms. The molecule has 19 heavy (non-hydrogen) atoms. The van der Waals surface area contributed by atoms with Crippen molar-refractivity contribution in [2.45, 2.75) is 25.4 Å². The number of hydrogen-bond acceptors (Lipinski definition) is 3. The molecule has 0 aliphatic carbocycles. The van der Waals surface area contributed by atoms with E-state index < -0.39 is 5.97 Å². The van der Waals surface area contributed by atoms with Crippen LogP contribution in [0.2, 0.25) is 0 Å². The van der Waals surface area contributed by atoms with Crippen molar-refractivity contribution in [1.82, 2.24) is 10.2 Å². The third-order valence-corrected chi connectivity index (χ3v) is 3.36. The summed E-state index contributed by atoms with van der Waals surface area (Å²) in [6.07, 6.45) is 0.881. The van der Waals surface area contributed by atoms with Gasteiger partial charge in [-0.1, -0.05) is 24.3 Å². The molecule has 2 rings (SSSR count). The van der Waals surface area contributed by atoms with Gasteiger partial charge in [0, 0.05) is 20.1 Å². The normalized spacial score (nSPS) is 18.9. The minimum absolute atomic E-state index is 0.0413. The van der Waals surface area contributed by atoms with Gasteiger partial charge < -0.3 is 15.3 Å². The fourth-order valence-electron chi connectivity index (χ4n) is 2.20. The number of aliphatic carboxylic acids is 1. The van der Waals surface area contributed by atoms with E-state index >= 15 is 0 Å². The molecule has 102 valence electrons. The molecule has 1 aliphatic heterocycles. The maximum atomic E-state index is 11.7. The number of nitrogens with one attached hydrogen (secondary N) is 1. The van der Waals surface area contributed by atoms with Gasteiger partial charge in [0.05, 0.1) is 12.5 Å². The number of carboxylic acid groups (broad SMARTS) is 1. The second-order valence-corrected chi connectivity index (χ2v) is 4.87. The molecule has 1 atom stereocenters. The van der Waals surface area contributed by atoms with Crippen molar-refractivity contribution >= 4 is 11.9 Å². The number of likely N-dealkylation sites (N-methyl/N-ethyl adjacent to an activating group) is 1. The van der Waals surface area contributed by atoms with E-state index in [-0.39, 0.29) is 18.4 Å². The Bertz CT molecular complexity index is 470. The molecule has 2 N–H and O–H groups in total. The highest BCUT2D eigenvalue weighted by Crippen LogP contribution is 2.10. The van der Waals surface area contributed by atoms with Crippen molar-refractivity contribution in [3.63, 3.8) is 0 Å².